The molecule has 0 bridgehead atoms. The molecule has 3 N–H and O–H groups in total. The number of anilines is 2. The second-order valence-electron chi connectivity index (χ2n) is 7.52. The highest BCUT2D eigenvalue weighted by molar-refractivity contribution is 7.99. The molecule has 1 heterocycles. The van der Waals surface area contributed by atoms with E-state index in [1.54, 1.807) is 11.8 Å². The summed E-state index contributed by atoms with van der Waals surface area (Å²) in [6, 6.07) is 16.9. The van der Waals surface area contributed by atoms with E-state index in [1.807, 2.05) is 61.5 Å². The summed E-state index contributed by atoms with van der Waals surface area (Å²) in [6.07, 6.45) is 1.53. The Morgan fingerprint density at radius 3 is 2.48 bits per heavy atom. The molecule has 0 atom stereocenters. The number of aromatic nitrogens is 2. The Morgan fingerprint density at radius 2 is 1.82 bits per heavy atom. The molecule has 3 rings (SSSR count). The Hall–Kier alpha value is -2.97. The quantitative estimate of drug-likeness (QED) is 0.331. The fraction of sp³-hybridized carbons (Fsp3) is 0.292. The molecule has 0 aliphatic heterocycles. The average Bonchev–Trinajstić information content (AvgIpc) is 2.80. The van der Waals surface area contributed by atoms with Crippen LogP contribution in [0.3, 0.4) is 0 Å². The third-order valence-electron chi connectivity index (χ3n) is 5.03. The first-order valence-electron chi connectivity index (χ1n) is 10.8. The molecule has 0 unspecified atom stereocenters. The van der Waals surface area contributed by atoms with Crippen LogP contribution in [0.15, 0.2) is 69.1 Å². The maximum atomic E-state index is 13.1. The Bertz CT molecular complexity index is 1190. The number of nitrogens with zero attached hydrogens (tertiary/aromatic N) is 2. The number of benzene rings is 2. The molecule has 0 saturated carbocycles. The molecule has 0 spiro atoms. The molecular weight excluding hydrogens is 460 g/mol. The average molecular weight is 487 g/mol. The van der Waals surface area contributed by atoms with E-state index in [1.165, 1.54) is 9.47 Å². The van der Waals surface area contributed by atoms with Gasteiger partial charge in [0.25, 0.3) is 5.56 Å². The molecular formula is C24H27ClN4O3S. The highest BCUT2D eigenvalue weighted by Gasteiger charge is 2.23. The molecule has 0 radical (unpaired) electrons. The molecule has 33 heavy (non-hydrogen) atoms. The van der Waals surface area contributed by atoms with E-state index in [2.05, 4.69) is 4.98 Å². The van der Waals surface area contributed by atoms with Crippen molar-refractivity contribution in [3.05, 3.63) is 86.0 Å². The van der Waals surface area contributed by atoms with Gasteiger partial charge in [0.15, 0.2) is 5.69 Å². The van der Waals surface area contributed by atoms with Gasteiger partial charge in [0.2, 0.25) is 5.91 Å². The first-order valence-corrected chi connectivity index (χ1v) is 12.1. The lowest BCUT2D eigenvalue weighted by atomic mass is 10.2. The molecule has 3 aromatic rings. The number of H-pyrrole nitrogens is 1. The predicted octanol–water partition coefficient (Wildman–Crippen LogP) is 4.14. The van der Waals surface area contributed by atoms with Crippen LogP contribution in [-0.2, 0) is 11.3 Å². The van der Waals surface area contributed by atoms with Crippen molar-refractivity contribution in [1.82, 2.24) is 9.55 Å². The van der Waals surface area contributed by atoms with Crippen molar-refractivity contribution >= 4 is 40.8 Å². The molecule has 0 saturated heterocycles. The molecule has 2 aromatic carbocycles. The minimum Gasteiger partial charge on any atom is -0.383 e. The number of rotatable bonds is 10. The van der Waals surface area contributed by atoms with Crippen LogP contribution in [-0.4, -0.2) is 27.8 Å². The number of aromatic amines is 1. The smallest absolute Gasteiger partial charge is 0.330 e. The number of nitrogen functional groups attached to an aromatic ring is 1. The fourth-order valence-electron chi connectivity index (χ4n) is 3.43. The summed E-state index contributed by atoms with van der Waals surface area (Å²) in [5.41, 5.74) is 5.91. The van der Waals surface area contributed by atoms with Crippen molar-refractivity contribution in [3.8, 4) is 0 Å². The molecule has 7 nitrogen and oxygen atoms in total. The highest BCUT2D eigenvalue weighted by Crippen LogP contribution is 2.23. The van der Waals surface area contributed by atoms with Crippen molar-refractivity contribution in [3.63, 3.8) is 0 Å². The van der Waals surface area contributed by atoms with Gasteiger partial charge in [-0.05, 0) is 48.4 Å². The summed E-state index contributed by atoms with van der Waals surface area (Å²) in [5.74, 6) is 0.535. The van der Waals surface area contributed by atoms with E-state index < -0.39 is 11.2 Å². The van der Waals surface area contributed by atoms with Crippen molar-refractivity contribution in [1.29, 1.82) is 0 Å². The number of nitrogens with two attached hydrogens (primary N) is 1. The third-order valence-corrected chi connectivity index (χ3v) is 6.38. The molecule has 9 heteroatoms. The van der Waals surface area contributed by atoms with Gasteiger partial charge in [-0.3, -0.25) is 19.1 Å². The number of hydrogen-bond donors (Lipinski definition) is 2. The van der Waals surface area contributed by atoms with E-state index in [0.29, 0.717) is 24.4 Å². The van der Waals surface area contributed by atoms with Crippen molar-refractivity contribution in [2.24, 2.45) is 0 Å². The maximum absolute atomic E-state index is 13.1. The number of hydrogen-bond acceptors (Lipinski definition) is 5. The zero-order valence-electron chi connectivity index (χ0n) is 18.4. The minimum atomic E-state index is -0.654. The van der Waals surface area contributed by atoms with Crippen LogP contribution in [0.5, 0.6) is 0 Å². The Labute approximate surface area is 201 Å². The van der Waals surface area contributed by atoms with Crippen molar-refractivity contribution < 1.29 is 4.79 Å². The van der Waals surface area contributed by atoms with Gasteiger partial charge >= 0.3 is 5.69 Å². The summed E-state index contributed by atoms with van der Waals surface area (Å²) >= 11 is 7.55. The predicted molar refractivity (Wildman–Crippen MR) is 135 cm³/mol. The SMILES string of the molecule is CCCN(C(=O)CCCSc1ccc(Cl)cc1)c1c(N)n(Cc2ccccc2)c(=O)[nH]c1=O. The molecule has 174 valence electrons. The summed E-state index contributed by atoms with van der Waals surface area (Å²) in [5, 5.41) is 0.682. The largest absolute Gasteiger partial charge is 0.383 e. The number of amides is 1. The summed E-state index contributed by atoms with van der Waals surface area (Å²) < 4.78 is 1.29. The number of carbonyl (C=O) groups is 1. The molecule has 0 aliphatic rings. The third kappa shape index (κ3) is 6.52. The second kappa shape index (κ2) is 11.8. The number of thioether (sulfide) groups is 1. The summed E-state index contributed by atoms with van der Waals surface area (Å²) in [4.78, 5) is 43.0. The van der Waals surface area contributed by atoms with Crippen LogP contribution >= 0.6 is 23.4 Å². The first-order chi connectivity index (χ1) is 15.9. The Balaban J connectivity index is 1.76. The Kier molecular flexibility index (Phi) is 8.79. The number of halogens is 1. The number of carbonyl (C=O) groups excluding carboxylic acids is 1. The first kappa shape index (κ1) is 24.7. The van der Waals surface area contributed by atoms with Gasteiger partial charge in [-0.15, -0.1) is 11.8 Å². The molecule has 0 fully saturated rings. The monoisotopic (exact) mass is 486 g/mol. The van der Waals surface area contributed by atoms with E-state index in [4.69, 9.17) is 17.3 Å². The fourth-order valence-corrected chi connectivity index (χ4v) is 4.40. The van der Waals surface area contributed by atoms with Gasteiger partial charge in [0.05, 0.1) is 6.54 Å². The van der Waals surface area contributed by atoms with E-state index >= 15 is 0 Å². The van der Waals surface area contributed by atoms with Crippen LogP contribution in [0.2, 0.25) is 5.02 Å². The van der Waals surface area contributed by atoms with E-state index in [-0.39, 0.29) is 30.4 Å². The number of nitrogens with one attached hydrogen (secondary N) is 1. The van der Waals surface area contributed by atoms with E-state index in [0.717, 1.165) is 16.2 Å². The summed E-state index contributed by atoms with van der Waals surface area (Å²) in [6.45, 7) is 2.45. The molecule has 1 aromatic heterocycles. The molecule has 1 amide bonds. The van der Waals surface area contributed by atoms with Crippen molar-refractivity contribution in [2.75, 3.05) is 22.9 Å². The lowest BCUT2D eigenvalue weighted by Crippen LogP contribution is -2.41. The van der Waals surface area contributed by atoms with Crippen LogP contribution in [0.4, 0.5) is 11.5 Å². The second-order valence-corrected chi connectivity index (χ2v) is 9.12. The zero-order valence-corrected chi connectivity index (χ0v) is 20.0. The minimum absolute atomic E-state index is 0.00931. The van der Waals surface area contributed by atoms with Gasteiger partial charge in [0.1, 0.15) is 5.82 Å². The van der Waals surface area contributed by atoms with E-state index in [9.17, 15) is 14.4 Å². The Morgan fingerprint density at radius 1 is 1.12 bits per heavy atom. The lowest BCUT2D eigenvalue weighted by Gasteiger charge is -2.24. The zero-order chi connectivity index (χ0) is 23.8. The van der Waals surface area contributed by atoms with Gasteiger partial charge in [-0.1, -0.05) is 48.9 Å². The highest BCUT2D eigenvalue weighted by atomic mass is 35.5. The lowest BCUT2D eigenvalue weighted by molar-refractivity contribution is -0.118. The maximum Gasteiger partial charge on any atom is 0.330 e. The summed E-state index contributed by atoms with van der Waals surface area (Å²) in [7, 11) is 0. The van der Waals surface area contributed by atoms with Crippen LogP contribution in [0.1, 0.15) is 31.7 Å². The van der Waals surface area contributed by atoms with Crippen molar-refractivity contribution in [2.45, 2.75) is 37.6 Å². The molecule has 0 aliphatic carbocycles. The standard InChI is InChI=1S/C24H27ClN4O3S/c1-2-14-28(20(30)9-6-15-33-19-12-10-18(25)11-13-19)21-22(26)29(24(32)27-23(21)31)16-17-7-4-3-5-8-17/h3-5,7-8,10-13H,2,6,9,14-16,26H2,1H3,(H,27,31,32). The van der Waals surface area contributed by atoms with Crippen LogP contribution in [0, 0.1) is 0 Å². The van der Waals surface area contributed by atoms with Gasteiger partial charge in [0, 0.05) is 22.9 Å². The van der Waals surface area contributed by atoms with Crippen LogP contribution in [0.25, 0.3) is 0 Å². The van der Waals surface area contributed by atoms with Gasteiger partial charge in [-0.25, -0.2) is 4.79 Å². The van der Waals surface area contributed by atoms with Crippen LogP contribution < -0.4 is 21.9 Å². The normalized spacial score (nSPS) is 10.8. The van der Waals surface area contributed by atoms with Gasteiger partial charge < -0.3 is 10.6 Å². The van der Waals surface area contributed by atoms with Gasteiger partial charge in [-0.2, -0.15) is 0 Å². The topological polar surface area (TPSA) is 101 Å².